The highest BCUT2D eigenvalue weighted by atomic mass is 32.2. The van der Waals surface area contributed by atoms with Gasteiger partial charge in [-0.05, 0) is 12.5 Å². The Kier molecular flexibility index (Phi) is 2.99. The third-order valence-electron chi connectivity index (χ3n) is 2.45. The zero-order chi connectivity index (χ0) is 9.35. The fraction of sp³-hybridized carbons (Fsp3) is 0.875. The standard InChI is InChI=1S/C8H15NOS2/c1-6-5-9(2)7(10)8(6,11-3)12-4/h6H,5H2,1-4H3. The summed E-state index contributed by atoms with van der Waals surface area (Å²) in [6.07, 6.45) is 4.04. The first-order valence-corrected chi connectivity index (χ1v) is 6.39. The molecule has 2 nitrogen and oxygen atoms in total. The van der Waals surface area contributed by atoms with Gasteiger partial charge in [0.15, 0.2) is 0 Å². The molecule has 4 heteroatoms. The molecule has 1 unspecified atom stereocenters. The minimum absolute atomic E-state index is 0.214. The number of rotatable bonds is 2. The van der Waals surface area contributed by atoms with Gasteiger partial charge in [0.25, 0.3) is 0 Å². The van der Waals surface area contributed by atoms with E-state index in [1.54, 1.807) is 23.5 Å². The molecular formula is C8H15NOS2. The van der Waals surface area contributed by atoms with E-state index in [2.05, 4.69) is 6.92 Å². The van der Waals surface area contributed by atoms with Gasteiger partial charge in [-0.3, -0.25) is 4.79 Å². The molecule has 1 saturated heterocycles. The van der Waals surface area contributed by atoms with Crippen molar-refractivity contribution in [1.82, 2.24) is 4.90 Å². The lowest BCUT2D eigenvalue weighted by Gasteiger charge is -2.26. The van der Waals surface area contributed by atoms with Gasteiger partial charge in [-0.2, -0.15) is 0 Å². The molecule has 12 heavy (non-hydrogen) atoms. The van der Waals surface area contributed by atoms with E-state index >= 15 is 0 Å². The molecule has 0 aromatic heterocycles. The Morgan fingerprint density at radius 1 is 1.50 bits per heavy atom. The monoisotopic (exact) mass is 205 g/mol. The van der Waals surface area contributed by atoms with E-state index in [4.69, 9.17) is 0 Å². The van der Waals surface area contributed by atoms with Gasteiger partial charge < -0.3 is 4.90 Å². The second kappa shape index (κ2) is 3.50. The number of nitrogens with zero attached hydrogens (tertiary/aromatic N) is 1. The van der Waals surface area contributed by atoms with Crippen LogP contribution in [0.5, 0.6) is 0 Å². The zero-order valence-corrected chi connectivity index (χ0v) is 9.59. The summed E-state index contributed by atoms with van der Waals surface area (Å²) < 4.78 is -0.214. The molecule has 1 amide bonds. The van der Waals surface area contributed by atoms with Crippen molar-refractivity contribution in [1.29, 1.82) is 0 Å². The van der Waals surface area contributed by atoms with Crippen molar-refractivity contribution in [2.45, 2.75) is 11.0 Å². The summed E-state index contributed by atoms with van der Waals surface area (Å²) in [4.78, 5) is 13.6. The molecule has 0 aromatic rings. The Hall–Kier alpha value is 0.170. The van der Waals surface area contributed by atoms with Gasteiger partial charge in [-0.25, -0.2) is 0 Å². The van der Waals surface area contributed by atoms with Crippen LogP contribution in [-0.2, 0) is 4.79 Å². The molecule has 1 heterocycles. The van der Waals surface area contributed by atoms with Crippen molar-refractivity contribution in [2.24, 2.45) is 5.92 Å². The average molecular weight is 205 g/mol. The normalized spacial score (nSPS) is 28.2. The minimum atomic E-state index is -0.214. The third kappa shape index (κ3) is 1.25. The van der Waals surface area contributed by atoms with Gasteiger partial charge in [0.1, 0.15) is 4.08 Å². The van der Waals surface area contributed by atoms with E-state index in [-0.39, 0.29) is 9.99 Å². The third-order valence-corrected chi connectivity index (χ3v) is 5.81. The summed E-state index contributed by atoms with van der Waals surface area (Å²) in [6.45, 7) is 3.04. The Bertz CT molecular complexity index is 191. The van der Waals surface area contributed by atoms with Gasteiger partial charge in [0.2, 0.25) is 5.91 Å². The van der Waals surface area contributed by atoms with Gasteiger partial charge in [0.05, 0.1) is 0 Å². The maximum atomic E-state index is 11.8. The van der Waals surface area contributed by atoms with Crippen LogP contribution >= 0.6 is 23.5 Å². The first-order chi connectivity index (χ1) is 5.58. The van der Waals surface area contributed by atoms with Crippen LogP contribution in [0.15, 0.2) is 0 Å². The number of hydrogen-bond donors (Lipinski definition) is 0. The van der Waals surface area contributed by atoms with Crippen LogP contribution in [0.4, 0.5) is 0 Å². The molecule has 1 fully saturated rings. The van der Waals surface area contributed by atoms with Crippen LogP contribution in [0.1, 0.15) is 6.92 Å². The number of carbonyl (C=O) groups excluding carboxylic acids is 1. The molecule has 0 aromatic carbocycles. The van der Waals surface area contributed by atoms with Crippen molar-refractivity contribution in [3.05, 3.63) is 0 Å². The predicted molar refractivity (Wildman–Crippen MR) is 56.6 cm³/mol. The average Bonchev–Trinajstić information content (AvgIpc) is 2.26. The second-order valence-electron chi connectivity index (χ2n) is 3.16. The van der Waals surface area contributed by atoms with Crippen molar-refractivity contribution in [3.8, 4) is 0 Å². The molecule has 70 valence electrons. The second-order valence-corrected chi connectivity index (χ2v) is 5.53. The Labute approximate surface area is 82.5 Å². The van der Waals surface area contributed by atoms with Crippen LogP contribution < -0.4 is 0 Å². The van der Waals surface area contributed by atoms with Crippen LogP contribution in [0.25, 0.3) is 0 Å². The Balaban J connectivity index is 2.93. The van der Waals surface area contributed by atoms with Crippen molar-refractivity contribution in [3.63, 3.8) is 0 Å². The summed E-state index contributed by atoms with van der Waals surface area (Å²) in [6, 6.07) is 0. The molecule has 0 bridgehead atoms. The molecule has 0 radical (unpaired) electrons. The maximum absolute atomic E-state index is 11.8. The summed E-state index contributed by atoms with van der Waals surface area (Å²) in [7, 11) is 1.88. The lowest BCUT2D eigenvalue weighted by atomic mass is 10.1. The van der Waals surface area contributed by atoms with Gasteiger partial charge in [-0.1, -0.05) is 6.92 Å². The summed E-state index contributed by atoms with van der Waals surface area (Å²) in [5, 5.41) is 0. The highest BCUT2D eigenvalue weighted by Gasteiger charge is 2.49. The van der Waals surface area contributed by atoms with Crippen LogP contribution in [-0.4, -0.2) is 41.0 Å². The number of likely N-dealkylation sites (tertiary alicyclic amines) is 1. The zero-order valence-electron chi connectivity index (χ0n) is 7.96. The van der Waals surface area contributed by atoms with Crippen LogP contribution in [0.3, 0.4) is 0 Å². The molecule has 0 N–H and O–H groups in total. The first kappa shape index (κ1) is 10.3. The maximum Gasteiger partial charge on any atom is 0.249 e. The lowest BCUT2D eigenvalue weighted by molar-refractivity contribution is -0.126. The van der Waals surface area contributed by atoms with Crippen LogP contribution in [0, 0.1) is 5.92 Å². The number of amides is 1. The minimum Gasteiger partial charge on any atom is -0.343 e. The fourth-order valence-electron chi connectivity index (χ4n) is 1.75. The predicted octanol–water partition coefficient (Wildman–Crippen LogP) is 1.52. The first-order valence-electron chi connectivity index (χ1n) is 3.94. The van der Waals surface area contributed by atoms with E-state index in [9.17, 15) is 4.79 Å². The molecule has 1 atom stereocenters. The highest BCUT2D eigenvalue weighted by molar-refractivity contribution is 8.18. The van der Waals surface area contributed by atoms with Gasteiger partial charge in [-0.15, -0.1) is 23.5 Å². The molecule has 0 aliphatic carbocycles. The number of thioether (sulfide) groups is 2. The van der Waals surface area contributed by atoms with E-state index in [1.807, 2.05) is 24.5 Å². The summed E-state index contributed by atoms with van der Waals surface area (Å²) in [5.41, 5.74) is 0. The number of carbonyl (C=O) groups is 1. The fourth-order valence-corrected chi connectivity index (χ4v) is 4.03. The molecule has 0 saturated carbocycles. The Morgan fingerprint density at radius 3 is 2.17 bits per heavy atom. The SMILES string of the molecule is CSC1(SC)C(=O)N(C)CC1C. The van der Waals surface area contributed by atoms with Crippen molar-refractivity contribution in [2.75, 3.05) is 26.1 Å². The molecular weight excluding hydrogens is 190 g/mol. The molecule has 1 aliphatic rings. The van der Waals surface area contributed by atoms with Gasteiger partial charge >= 0.3 is 0 Å². The smallest absolute Gasteiger partial charge is 0.249 e. The highest BCUT2D eigenvalue weighted by Crippen LogP contribution is 2.46. The van der Waals surface area contributed by atoms with Crippen molar-refractivity contribution >= 4 is 29.4 Å². The van der Waals surface area contributed by atoms with Crippen molar-refractivity contribution < 1.29 is 4.79 Å². The van der Waals surface area contributed by atoms with E-state index in [0.717, 1.165) is 6.54 Å². The largest absolute Gasteiger partial charge is 0.343 e. The lowest BCUT2D eigenvalue weighted by Crippen LogP contribution is -2.34. The quantitative estimate of drug-likeness (QED) is 0.638. The van der Waals surface area contributed by atoms with E-state index < -0.39 is 0 Å². The Morgan fingerprint density at radius 2 is 2.00 bits per heavy atom. The molecule has 0 spiro atoms. The van der Waals surface area contributed by atoms with Crippen LogP contribution in [0.2, 0.25) is 0 Å². The van der Waals surface area contributed by atoms with E-state index in [1.165, 1.54) is 0 Å². The van der Waals surface area contributed by atoms with E-state index in [0.29, 0.717) is 5.92 Å². The molecule has 1 aliphatic heterocycles. The summed E-state index contributed by atoms with van der Waals surface area (Å²) in [5.74, 6) is 0.718. The molecule has 1 rings (SSSR count). The number of hydrogen-bond acceptors (Lipinski definition) is 3. The summed E-state index contributed by atoms with van der Waals surface area (Å²) >= 11 is 3.34. The van der Waals surface area contributed by atoms with Gasteiger partial charge in [0, 0.05) is 19.5 Å². The topological polar surface area (TPSA) is 20.3 Å².